The third kappa shape index (κ3) is 17.0. The van der Waals surface area contributed by atoms with Crippen molar-refractivity contribution in [3.63, 3.8) is 0 Å². The lowest BCUT2D eigenvalue weighted by molar-refractivity contribution is -0.145. The van der Waals surface area contributed by atoms with Gasteiger partial charge in [-0.15, -0.1) is 0 Å². The first kappa shape index (κ1) is 53.7. The number of carboxylic acids is 1. The number of nitrogens with zero attached hydrogens (tertiary/aromatic N) is 1. The summed E-state index contributed by atoms with van der Waals surface area (Å²) in [6, 6.07) is -5.08. The lowest BCUT2D eigenvalue weighted by atomic mass is 9.96. The fraction of sp³-hybridized carbons (Fsp3) is 0.610. The Morgan fingerprint density at radius 1 is 0.815 bits per heavy atom. The minimum absolute atomic E-state index is 0.0420. The lowest BCUT2D eigenvalue weighted by Gasteiger charge is -2.31. The number of nitrogens with one attached hydrogen (secondary N) is 6. The monoisotopic (exact) mass is 950 g/mol. The summed E-state index contributed by atoms with van der Waals surface area (Å²) in [5.74, 6) is -10.1. The third-order valence-electron chi connectivity index (χ3n) is 10.8. The number of carbonyl (C=O) groups excluding carboxylic acids is 9. The number of phenols is 1. The summed E-state index contributed by atoms with van der Waals surface area (Å²) in [5, 5.41) is 34.9. The number of rotatable bonds is 15. The molecular weight excluding hydrogens is 889 g/mol. The summed E-state index contributed by atoms with van der Waals surface area (Å²) in [7, 11) is 2.06. The number of likely N-dealkylation sites (tertiary alicyclic amines) is 1. The van der Waals surface area contributed by atoms with E-state index in [-0.39, 0.29) is 55.4 Å². The quantitative estimate of drug-likeness (QED) is 0.0837. The molecule has 24 heteroatoms. The number of amides is 9. The Bertz CT molecular complexity index is 1910. The van der Waals surface area contributed by atoms with Gasteiger partial charge in [0, 0.05) is 30.9 Å². The van der Waals surface area contributed by atoms with Crippen LogP contribution in [-0.4, -0.2) is 141 Å². The minimum Gasteiger partial charge on any atom is -0.508 e. The van der Waals surface area contributed by atoms with Gasteiger partial charge < -0.3 is 64.2 Å². The van der Waals surface area contributed by atoms with E-state index in [4.69, 9.17) is 17.2 Å². The molecule has 360 valence electrons. The summed E-state index contributed by atoms with van der Waals surface area (Å²) in [4.78, 5) is 135. The zero-order valence-corrected chi connectivity index (χ0v) is 38.5. The number of phenolic OH excluding ortho intramolecular Hbond substituents is 1. The van der Waals surface area contributed by atoms with Crippen molar-refractivity contribution in [3.05, 3.63) is 29.8 Å². The molecule has 1 unspecified atom stereocenters. The number of carboxylic acid groups (broad SMARTS) is 1. The molecule has 14 N–H and O–H groups in total. The van der Waals surface area contributed by atoms with Gasteiger partial charge in [0.25, 0.3) is 0 Å². The highest BCUT2D eigenvalue weighted by Gasteiger charge is 2.41. The summed E-state index contributed by atoms with van der Waals surface area (Å²) in [6.07, 6.45) is -0.678. The van der Waals surface area contributed by atoms with Gasteiger partial charge in [-0.1, -0.05) is 67.8 Å². The highest BCUT2D eigenvalue weighted by Crippen LogP contribution is 2.26. The van der Waals surface area contributed by atoms with Gasteiger partial charge in [0.2, 0.25) is 53.2 Å². The van der Waals surface area contributed by atoms with E-state index in [1.54, 1.807) is 27.7 Å². The highest BCUT2D eigenvalue weighted by molar-refractivity contribution is 8.76. The van der Waals surface area contributed by atoms with Crippen LogP contribution in [-0.2, 0) is 54.4 Å². The highest BCUT2D eigenvalue weighted by atomic mass is 33.1. The number of aromatic hydroxyl groups is 1. The Morgan fingerprint density at radius 3 is 2.02 bits per heavy atom. The Balaban J connectivity index is 2.06. The lowest BCUT2D eigenvalue weighted by Crippen LogP contribution is -2.61. The fourth-order valence-corrected chi connectivity index (χ4v) is 9.31. The normalized spacial score (nSPS) is 25.2. The molecule has 2 aliphatic rings. The van der Waals surface area contributed by atoms with Gasteiger partial charge in [0.05, 0.1) is 12.5 Å². The molecule has 2 aliphatic heterocycles. The second-order valence-electron chi connectivity index (χ2n) is 16.6. The average molecular weight is 951 g/mol. The van der Waals surface area contributed by atoms with Crippen LogP contribution in [0.5, 0.6) is 5.75 Å². The Labute approximate surface area is 384 Å². The number of hydrogen-bond acceptors (Lipinski definition) is 14. The minimum atomic E-state index is -1.74. The van der Waals surface area contributed by atoms with Crippen LogP contribution in [0.1, 0.15) is 78.2 Å². The van der Waals surface area contributed by atoms with Crippen molar-refractivity contribution in [2.75, 3.05) is 18.1 Å². The van der Waals surface area contributed by atoms with Crippen LogP contribution < -0.4 is 49.1 Å². The van der Waals surface area contributed by atoms with E-state index < -0.39 is 126 Å². The van der Waals surface area contributed by atoms with Crippen LogP contribution in [0.4, 0.5) is 0 Å². The molecule has 9 amide bonds. The number of primary amides is 2. The van der Waals surface area contributed by atoms with E-state index in [0.29, 0.717) is 18.4 Å². The predicted molar refractivity (Wildman–Crippen MR) is 240 cm³/mol. The Hall–Kier alpha value is -5.62. The van der Waals surface area contributed by atoms with Crippen molar-refractivity contribution < 1.29 is 58.2 Å². The Kier molecular flexibility index (Phi) is 21.3. The molecule has 0 saturated carbocycles. The van der Waals surface area contributed by atoms with Crippen LogP contribution in [0.15, 0.2) is 24.3 Å². The fourth-order valence-electron chi connectivity index (χ4n) is 7.04. The van der Waals surface area contributed by atoms with Gasteiger partial charge >= 0.3 is 5.97 Å². The first-order valence-electron chi connectivity index (χ1n) is 21.3. The summed E-state index contributed by atoms with van der Waals surface area (Å²) in [6.45, 7) is 7.04. The molecule has 2 heterocycles. The van der Waals surface area contributed by atoms with E-state index in [0.717, 1.165) is 21.6 Å². The molecule has 1 aromatic carbocycles. The van der Waals surface area contributed by atoms with Gasteiger partial charge in [-0.05, 0) is 55.2 Å². The first-order valence-corrected chi connectivity index (χ1v) is 23.8. The average Bonchev–Trinajstić information content (AvgIpc) is 3.74. The van der Waals surface area contributed by atoms with Crippen LogP contribution in [0.25, 0.3) is 0 Å². The smallest absolute Gasteiger partial charge is 0.326 e. The maximum Gasteiger partial charge on any atom is 0.326 e. The Morgan fingerprint density at radius 2 is 1.42 bits per heavy atom. The van der Waals surface area contributed by atoms with Gasteiger partial charge in [-0.3, -0.25) is 43.2 Å². The van der Waals surface area contributed by atoms with Crippen LogP contribution in [0.3, 0.4) is 0 Å². The second-order valence-corrected chi connectivity index (χ2v) is 19.1. The second kappa shape index (κ2) is 25.8. The van der Waals surface area contributed by atoms with Crippen molar-refractivity contribution in [2.24, 2.45) is 29.0 Å². The maximum atomic E-state index is 14.3. The molecule has 1 aromatic rings. The largest absolute Gasteiger partial charge is 0.508 e. The van der Waals surface area contributed by atoms with Crippen molar-refractivity contribution in [3.8, 4) is 5.75 Å². The van der Waals surface area contributed by atoms with E-state index >= 15 is 0 Å². The standard InChI is InChI=1S/C41H62N10O12S2/c1-5-21(4)33-39(60)45-25(12-13-31(43)53)35(56)47-27(17-32(44)54)36(57)49-29(40(61)51-14-6-7-30(51)38(59)48-28(41(62)63)15-20(2)3)19-65-64-18-24(42)34(55)46-26(37(58)50-33)16-22-8-10-23(52)11-9-22/h8-11,20-21,24-30,33,52H,5-7,12-19,42H2,1-4H3,(H2,43,53)(H2,44,54)(H,45,60)(H,46,55)(H,47,56)(H,48,59)(H,49,57)(H,50,58)(H,62,63)/t21-,24-,25-,26-,27-,28-,29-,30-,33?/m0/s1. The molecular formula is C41H62N10O12S2. The van der Waals surface area contributed by atoms with Gasteiger partial charge in [-0.25, -0.2) is 4.79 Å². The molecule has 0 spiro atoms. The van der Waals surface area contributed by atoms with Crippen molar-refractivity contribution in [1.29, 1.82) is 0 Å². The SMILES string of the molecule is CC[C@H](C)C1NC(=O)[C@H](Cc2ccc(O)cc2)NC(=O)[C@@H](N)CSSC[C@@H](C(=O)N2CCC[C@H]2C(=O)N[C@@H](CC(C)C)C(=O)O)NC(=O)[C@H](CC(N)=O)NC(=O)[C@H](CCC(N)=O)NC1=O. The van der Waals surface area contributed by atoms with Crippen LogP contribution >= 0.6 is 21.6 Å². The third-order valence-corrected chi connectivity index (χ3v) is 13.3. The number of hydrogen-bond donors (Lipinski definition) is 11. The van der Waals surface area contributed by atoms with Crippen molar-refractivity contribution >= 4 is 80.7 Å². The number of carbonyl (C=O) groups is 10. The molecule has 0 aromatic heterocycles. The van der Waals surface area contributed by atoms with Crippen molar-refractivity contribution in [1.82, 2.24) is 36.8 Å². The summed E-state index contributed by atoms with van der Waals surface area (Å²) in [5.41, 5.74) is 17.7. The van der Waals surface area contributed by atoms with Crippen LogP contribution in [0.2, 0.25) is 0 Å². The molecule has 2 saturated heterocycles. The molecule has 0 aliphatic carbocycles. The number of benzene rings is 1. The van der Waals surface area contributed by atoms with Gasteiger partial charge in [-0.2, -0.15) is 0 Å². The number of aliphatic carboxylic acids is 1. The van der Waals surface area contributed by atoms with Crippen molar-refractivity contribution in [2.45, 2.75) is 127 Å². The molecule has 22 nitrogen and oxygen atoms in total. The van der Waals surface area contributed by atoms with E-state index in [9.17, 15) is 58.2 Å². The summed E-state index contributed by atoms with van der Waals surface area (Å²) < 4.78 is 0. The van der Waals surface area contributed by atoms with Crippen LogP contribution in [0, 0.1) is 11.8 Å². The summed E-state index contributed by atoms with van der Waals surface area (Å²) >= 11 is 0. The van der Waals surface area contributed by atoms with E-state index in [1.807, 2.05) is 0 Å². The number of nitrogens with two attached hydrogens (primary N) is 3. The first-order chi connectivity index (χ1) is 30.6. The molecule has 0 radical (unpaired) electrons. The molecule has 2 fully saturated rings. The van der Waals surface area contributed by atoms with E-state index in [2.05, 4.69) is 31.9 Å². The molecule has 9 atom stereocenters. The molecule has 0 bridgehead atoms. The van der Waals surface area contributed by atoms with E-state index in [1.165, 1.54) is 29.2 Å². The predicted octanol–water partition coefficient (Wildman–Crippen LogP) is -2.13. The molecule has 3 rings (SSSR count). The maximum absolute atomic E-state index is 14.3. The molecule has 65 heavy (non-hydrogen) atoms. The zero-order valence-electron chi connectivity index (χ0n) is 36.8. The van der Waals surface area contributed by atoms with Gasteiger partial charge in [0.15, 0.2) is 0 Å². The zero-order chi connectivity index (χ0) is 48.5. The topological polar surface area (TPSA) is 365 Å². The van der Waals surface area contributed by atoms with Gasteiger partial charge in [0.1, 0.15) is 48.0 Å².